The fourth-order valence-corrected chi connectivity index (χ4v) is 2.47. The molecule has 0 saturated carbocycles. The first-order chi connectivity index (χ1) is 13.4. The molecule has 0 aromatic heterocycles. The lowest BCUT2D eigenvalue weighted by Crippen LogP contribution is -2.54. The van der Waals surface area contributed by atoms with Crippen molar-refractivity contribution >= 4 is 43.7 Å². The van der Waals surface area contributed by atoms with Gasteiger partial charge in [-0.15, -0.1) is 0 Å². The lowest BCUT2D eigenvalue weighted by molar-refractivity contribution is 0.0780. The van der Waals surface area contributed by atoms with E-state index in [0.717, 1.165) is 0 Å². The largest absolute Gasteiger partial charge is 0.615 e. The Kier molecular flexibility index (Phi) is 8.75. The first kappa shape index (κ1) is 22.6. The van der Waals surface area contributed by atoms with E-state index in [2.05, 4.69) is 0 Å². The first-order valence-electron chi connectivity index (χ1n) is 9.47. The summed E-state index contributed by atoms with van der Waals surface area (Å²) in [4.78, 5) is 0. The Morgan fingerprint density at radius 1 is 0.571 bits per heavy atom. The molecule has 0 radical (unpaired) electrons. The highest BCUT2D eigenvalue weighted by Gasteiger charge is 2.49. The Labute approximate surface area is 167 Å². The second-order valence-corrected chi connectivity index (χ2v) is 7.52. The third-order valence-electron chi connectivity index (χ3n) is 3.92. The van der Waals surface area contributed by atoms with Gasteiger partial charge in [0.05, 0.1) is 0 Å². The van der Waals surface area contributed by atoms with Crippen molar-refractivity contribution in [2.24, 2.45) is 0 Å². The Hall–Kier alpha value is -0.0504. The van der Waals surface area contributed by atoms with E-state index in [1.54, 1.807) is 0 Å². The molecule has 0 aromatic rings. The van der Waals surface area contributed by atoms with E-state index in [1.165, 1.54) is 0 Å². The van der Waals surface area contributed by atoms with Crippen LogP contribution in [0.25, 0.3) is 0 Å². The minimum absolute atomic E-state index is 0.246. The highest BCUT2D eigenvalue weighted by Crippen LogP contribution is 2.31. The summed E-state index contributed by atoms with van der Waals surface area (Å²) in [7, 11) is -6.00. The lowest BCUT2D eigenvalue weighted by Gasteiger charge is -2.35. The van der Waals surface area contributed by atoms with Crippen molar-refractivity contribution < 1.29 is 51.1 Å². The van der Waals surface area contributed by atoms with E-state index in [-0.39, 0.29) is 11.9 Å². The van der Waals surface area contributed by atoms with E-state index in [4.69, 9.17) is 46.0 Å². The summed E-state index contributed by atoms with van der Waals surface area (Å²) in [5.74, 6) is 0. The van der Waals surface area contributed by atoms with E-state index in [9.17, 15) is 5.02 Å². The number of hydrogen-bond donors (Lipinski definition) is 1. The van der Waals surface area contributed by atoms with Gasteiger partial charge in [-0.25, -0.2) is 0 Å². The molecule has 3 saturated heterocycles. The third kappa shape index (κ3) is 7.33. The zero-order valence-corrected chi connectivity index (χ0v) is 16.4. The normalized spacial score (nSPS) is 24.4. The van der Waals surface area contributed by atoms with E-state index >= 15 is 0 Å². The maximum atomic E-state index is 9.56. The Morgan fingerprint density at radius 2 is 0.964 bits per heavy atom. The summed E-state index contributed by atoms with van der Waals surface area (Å²) in [6.45, 7) is 7.24. The lowest BCUT2D eigenvalue weighted by atomic mass is 9.58. The smallest absolute Gasteiger partial charge is 0.426 e. The molecule has 0 aromatic carbocycles. The molecule has 0 amide bonds. The Morgan fingerprint density at radius 3 is 1.39 bits per heavy atom. The molecule has 0 unspecified atom stereocenters. The molecule has 0 spiro atoms. The van der Waals surface area contributed by atoms with E-state index in [1.807, 2.05) is 20.8 Å². The molecule has 11 nitrogen and oxygen atoms in total. The minimum Gasteiger partial charge on any atom is -0.426 e. The summed E-state index contributed by atoms with van der Waals surface area (Å²) in [5.41, 5.74) is 0. The van der Waals surface area contributed by atoms with Gasteiger partial charge in [0.15, 0.2) is 0 Å². The second-order valence-electron chi connectivity index (χ2n) is 7.52. The van der Waals surface area contributed by atoms with Crippen LogP contribution in [0.15, 0.2) is 0 Å². The fraction of sp³-hybridized carbons (Fsp3) is 1.00. The number of fused-ring (bicyclic) bond motifs is 4. The molecule has 0 atom stereocenters. The zero-order valence-electron chi connectivity index (χ0n) is 16.4. The van der Waals surface area contributed by atoms with Gasteiger partial charge in [-0.05, 0) is 24.6 Å². The maximum Gasteiger partial charge on any atom is 0.615 e. The predicted octanol–water partition coefficient (Wildman–Crippen LogP) is -0.431. The Bertz CT molecular complexity index is 473. The number of hydrogen-bond acceptors (Lipinski definition) is 11. The van der Waals surface area contributed by atoms with Gasteiger partial charge in [-0.2, -0.15) is 0 Å². The topological polar surface area (TPSA) is 113 Å². The van der Waals surface area contributed by atoms with E-state index in [0.29, 0.717) is 39.1 Å². The van der Waals surface area contributed by atoms with Crippen LogP contribution in [0.2, 0.25) is 5.31 Å². The first-order valence-corrected chi connectivity index (χ1v) is 9.47. The SMILES string of the molecule is CC(C)(C)B1OB2OCCCCOB3OB(O)OB(OCCCOB(O2)O1)O3. The molecule has 3 aliphatic rings. The molecule has 1 N–H and O–H groups in total. The summed E-state index contributed by atoms with van der Waals surface area (Å²) in [6.07, 6.45) is 1.85. The van der Waals surface area contributed by atoms with Crippen LogP contribution in [0.4, 0.5) is 0 Å². The van der Waals surface area contributed by atoms with Gasteiger partial charge in [0.1, 0.15) is 0 Å². The highest BCUT2D eigenvalue weighted by molar-refractivity contribution is 6.70. The van der Waals surface area contributed by atoms with E-state index < -0.39 is 43.7 Å². The number of rotatable bonds is 0. The molecule has 152 valence electrons. The molecule has 3 heterocycles. The van der Waals surface area contributed by atoms with Crippen LogP contribution in [0, 0.1) is 0 Å². The average Bonchev–Trinajstić information content (AvgIpc) is 2.62. The van der Waals surface area contributed by atoms with Gasteiger partial charge in [0, 0.05) is 26.4 Å². The summed E-state index contributed by atoms with van der Waals surface area (Å²) in [6, 6.07) is 0. The molecule has 28 heavy (non-hydrogen) atoms. The molecule has 3 fully saturated rings. The highest BCUT2D eigenvalue weighted by atomic mass is 16.9. The minimum atomic E-state index is -1.49. The van der Waals surface area contributed by atoms with Gasteiger partial charge in [0.25, 0.3) is 0 Å². The van der Waals surface area contributed by atoms with Crippen LogP contribution in [-0.4, -0.2) is 75.2 Å². The quantitative estimate of drug-likeness (QED) is 0.537. The van der Waals surface area contributed by atoms with Crippen molar-refractivity contribution in [3.8, 4) is 0 Å². The van der Waals surface area contributed by atoms with Gasteiger partial charge in [-0.1, -0.05) is 20.8 Å². The van der Waals surface area contributed by atoms with Crippen molar-refractivity contribution in [1.82, 2.24) is 0 Å². The van der Waals surface area contributed by atoms with Crippen molar-refractivity contribution in [2.75, 3.05) is 26.4 Å². The summed E-state index contributed by atoms with van der Waals surface area (Å²) in [5, 5.41) is 9.27. The van der Waals surface area contributed by atoms with Gasteiger partial charge in [-0.3, -0.25) is 0 Å². The van der Waals surface area contributed by atoms with Gasteiger partial charge < -0.3 is 51.1 Å². The third-order valence-corrected chi connectivity index (χ3v) is 3.92. The van der Waals surface area contributed by atoms with Crippen molar-refractivity contribution in [2.45, 2.75) is 45.3 Å². The molecule has 4 bridgehead atoms. The van der Waals surface area contributed by atoms with Crippen LogP contribution >= 0.6 is 0 Å². The second kappa shape index (κ2) is 10.8. The molecule has 3 rings (SSSR count). The van der Waals surface area contributed by atoms with Crippen molar-refractivity contribution in [3.05, 3.63) is 0 Å². The van der Waals surface area contributed by atoms with Crippen LogP contribution in [0.3, 0.4) is 0 Å². The van der Waals surface area contributed by atoms with Crippen molar-refractivity contribution in [1.29, 1.82) is 0 Å². The van der Waals surface area contributed by atoms with Crippen molar-refractivity contribution in [3.63, 3.8) is 0 Å². The van der Waals surface area contributed by atoms with Crippen LogP contribution in [0.1, 0.15) is 40.0 Å². The average molecular weight is 397 g/mol. The monoisotopic (exact) mass is 398 g/mol. The Balaban J connectivity index is 1.55. The molecule has 3 aliphatic heterocycles. The fourth-order valence-electron chi connectivity index (χ4n) is 2.47. The zero-order chi connectivity index (χ0) is 20.0. The summed E-state index contributed by atoms with van der Waals surface area (Å²) >= 11 is 0. The molecule has 17 heteroatoms. The van der Waals surface area contributed by atoms with Gasteiger partial charge >= 0.3 is 43.7 Å². The predicted molar refractivity (Wildman–Crippen MR) is 101 cm³/mol. The van der Waals surface area contributed by atoms with Crippen LogP contribution < -0.4 is 0 Å². The molecule has 0 aliphatic carbocycles. The maximum absolute atomic E-state index is 9.56. The molecular weight excluding hydrogens is 373 g/mol. The van der Waals surface area contributed by atoms with Crippen LogP contribution in [-0.2, 0) is 46.0 Å². The van der Waals surface area contributed by atoms with Gasteiger partial charge in [0.2, 0.25) is 0 Å². The molecular formula is C11H24B6O11. The standard InChI is InChI=1S/C11H24B6O11/c1-11(2,3)12-23-14-19-7-4-5-8-20-16-25-13(18)26-17(28-16)22-10-6-9-21-15(24-12)27-14/h18H,4-10H2,1-3H3. The summed E-state index contributed by atoms with van der Waals surface area (Å²) < 4.78 is 54.4. The van der Waals surface area contributed by atoms with Crippen LogP contribution in [0.5, 0.6) is 0 Å².